The van der Waals surface area contributed by atoms with Gasteiger partial charge in [-0.25, -0.2) is 0 Å². The van der Waals surface area contributed by atoms with E-state index in [9.17, 15) is 0 Å². The number of fused-ring (bicyclic) bond motifs is 1. The lowest BCUT2D eigenvalue weighted by Crippen LogP contribution is -2.23. The van der Waals surface area contributed by atoms with Crippen molar-refractivity contribution in [3.63, 3.8) is 0 Å². The highest BCUT2D eigenvalue weighted by Crippen LogP contribution is 2.23. The minimum atomic E-state index is 0.586. The molecule has 0 saturated carbocycles. The van der Waals surface area contributed by atoms with Crippen LogP contribution in [0.15, 0.2) is 42.6 Å². The number of nitrogens with one attached hydrogen (secondary N) is 1. The third kappa shape index (κ3) is 4.47. The van der Waals surface area contributed by atoms with Crippen molar-refractivity contribution in [2.45, 2.75) is 52.6 Å². The summed E-state index contributed by atoms with van der Waals surface area (Å²) in [6.07, 6.45) is 5.94. The zero-order valence-electron chi connectivity index (χ0n) is 13.7. The molecule has 0 aliphatic rings. The lowest BCUT2D eigenvalue weighted by molar-refractivity contribution is 0.558. The number of allylic oxidation sites excluding steroid dienone is 1. The van der Waals surface area contributed by atoms with Crippen LogP contribution in [0.4, 0.5) is 0 Å². The van der Waals surface area contributed by atoms with Crippen molar-refractivity contribution in [3.05, 3.63) is 48.2 Å². The third-order valence-corrected chi connectivity index (χ3v) is 3.74. The van der Waals surface area contributed by atoms with Gasteiger partial charge >= 0.3 is 0 Å². The molecule has 21 heavy (non-hydrogen) atoms. The second-order valence-electron chi connectivity index (χ2n) is 6.32. The van der Waals surface area contributed by atoms with Gasteiger partial charge in [-0.05, 0) is 44.4 Å². The molecular formula is C19H28N2. The maximum Gasteiger partial charge on any atom is 0.0486 e. The van der Waals surface area contributed by atoms with Gasteiger partial charge in [0.1, 0.15) is 0 Å². The maximum atomic E-state index is 4.04. The lowest BCUT2D eigenvalue weighted by Gasteiger charge is -2.07. The first-order chi connectivity index (χ1) is 10.1. The summed E-state index contributed by atoms with van der Waals surface area (Å²) < 4.78 is 2.33. The molecule has 0 spiro atoms. The molecule has 2 heteroatoms. The van der Waals surface area contributed by atoms with Crippen LogP contribution in [0, 0.1) is 0 Å². The number of nitrogens with zero attached hydrogens (tertiary/aromatic N) is 1. The number of rotatable bonds is 8. The van der Waals surface area contributed by atoms with E-state index < -0.39 is 0 Å². The molecule has 2 rings (SSSR count). The summed E-state index contributed by atoms with van der Waals surface area (Å²) >= 11 is 0. The molecule has 0 saturated heterocycles. The molecule has 0 aliphatic carbocycles. The first kappa shape index (κ1) is 15.8. The molecule has 1 N–H and O–H groups in total. The first-order valence-electron chi connectivity index (χ1n) is 8.02. The summed E-state index contributed by atoms with van der Waals surface area (Å²) in [4.78, 5) is 0. The number of aryl methyl sites for hydroxylation is 1. The predicted molar refractivity (Wildman–Crippen MR) is 92.8 cm³/mol. The Kier molecular flexibility index (Phi) is 5.63. The van der Waals surface area contributed by atoms with E-state index in [0.717, 1.165) is 19.5 Å². The van der Waals surface area contributed by atoms with Gasteiger partial charge in [-0.3, -0.25) is 0 Å². The molecule has 0 atom stereocenters. The molecule has 2 nitrogen and oxygen atoms in total. The van der Waals surface area contributed by atoms with Crippen molar-refractivity contribution in [1.82, 2.24) is 9.88 Å². The largest absolute Gasteiger partial charge is 0.343 e. The molecule has 1 aromatic heterocycles. The minimum absolute atomic E-state index is 0.586. The van der Waals surface area contributed by atoms with Crippen molar-refractivity contribution in [2.24, 2.45) is 0 Å². The van der Waals surface area contributed by atoms with Crippen molar-refractivity contribution >= 4 is 10.9 Å². The molecular weight excluding hydrogens is 256 g/mol. The van der Waals surface area contributed by atoms with E-state index in [-0.39, 0.29) is 0 Å². The summed E-state index contributed by atoms with van der Waals surface area (Å²) in [5.74, 6) is 0. The normalized spacial score (nSPS) is 11.4. The van der Waals surface area contributed by atoms with Crippen molar-refractivity contribution in [1.29, 1.82) is 0 Å². The van der Waals surface area contributed by atoms with Gasteiger partial charge in [0.25, 0.3) is 0 Å². The SMILES string of the molecule is C=C(C)Cn1cc(CCCCNC(C)C)c2ccccc21. The maximum absolute atomic E-state index is 4.04. The predicted octanol–water partition coefficient (Wildman–Crippen LogP) is 4.54. The Bertz CT molecular complexity index is 593. The average molecular weight is 284 g/mol. The van der Waals surface area contributed by atoms with Crippen molar-refractivity contribution < 1.29 is 0 Å². The van der Waals surface area contributed by atoms with Gasteiger partial charge in [0.15, 0.2) is 0 Å². The lowest BCUT2D eigenvalue weighted by atomic mass is 10.1. The van der Waals surface area contributed by atoms with E-state index in [1.165, 1.54) is 34.9 Å². The molecule has 0 radical (unpaired) electrons. The fourth-order valence-corrected chi connectivity index (χ4v) is 2.77. The number of hydrogen-bond acceptors (Lipinski definition) is 1. The number of unbranched alkanes of at least 4 members (excludes halogenated alkanes) is 1. The van der Waals surface area contributed by atoms with Crippen molar-refractivity contribution in [3.8, 4) is 0 Å². The molecule has 2 aromatic rings. The Morgan fingerprint density at radius 3 is 2.71 bits per heavy atom. The van der Waals surface area contributed by atoms with Gasteiger partial charge in [0, 0.05) is 29.7 Å². The van der Waals surface area contributed by atoms with Gasteiger partial charge in [0.2, 0.25) is 0 Å². The molecule has 0 fully saturated rings. The second-order valence-corrected chi connectivity index (χ2v) is 6.32. The Balaban J connectivity index is 2.04. The molecule has 1 aromatic carbocycles. The third-order valence-electron chi connectivity index (χ3n) is 3.74. The standard InChI is InChI=1S/C19H28N2/c1-15(2)13-21-14-17(9-7-8-12-20-16(3)4)18-10-5-6-11-19(18)21/h5-6,10-11,14,16,20H,1,7-9,12-13H2,2-4H3. The van der Waals surface area contributed by atoms with Crippen LogP contribution in [0.1, 0.15) is 39.2 Å². The van der Waals surface area contributed by atoms with Crippen LogP contribution < -0.4 is 5.32 Å². The average Bonchev–Trinajstić information content (AvgIpc) is 2.76. The quantitative estimate of drug-likeness (QED) is 0.556. The van der Waals surface area contributed by atoms with Crippen LogP contribution in [0.3, 0.4) is 0 Å². The smallest absolute Gasteiger partial charge is 0.0486 e. The van der Waals surface area contributed by atoms with Crippen LogP contribution in [0.25, 0.3) is 10.9 Å². The fourth-order valence-electron chi connectivity index (χ4n) is 2.77. The Morgan fingerprint density at radius 1 is 1.24 bits per heavy atom. The van der Waals surface area contributed by atoms with Crippen molar-refractivity contribution in [2.75, 3.05) is 6.54 Å². The number of para-hydroxylation sites is 1. The topological polar surface area (TPSA) is 17.0 Å². The highest BCUT2D eigenvalue weighted by Gasteiger charge is 2.07. The highest BCUT2D eigenvalue weighted by atomic mass is 15.0. The van der Waals surface area contributed by atoms with Gasteiger partial charge in [-0.15, -0.1) is 0 Å². The summed E-state index contributed by atoms with van der Waals surface area (Å²) in [5, 5.41) is 4.88. The second kappa shape index (κ2) is 7.46. The molecule has 1 heterocycles. The summed E-state index contributed by atoms with van der Waals surface area (Å²) in [6.45, 7) is 12.6. The van der Waals surface area contributed by atoms with E-state index in [1.54, 1.807) is 0 Å². The summed E-state index contributed by atoms with van der Waals surface area (Å²) in [5.41, 5.74) is 4.00. The van der Waals surface area contributed by atoms with Crippen LogP contribution in [-0.2, 0) is 13.0 Å². The van der Waals surface area contributed by atoms with Crippen LogP contribution >= 0.6 is 0 Å². The Morgan fingerprint density at radius 2 is 2.00 bits per heavy atom. The Hall–Kier alpha value is -1.54. The number of benzene rings is 1. The Labute approximate surface area is 128 Å². The monoisotopic (exact) mass is 284 g/mol. The highest BCUT2D eigenvalue weighted by molar-refractivity contribution is 5.84. The summed E-state index contributed by atoms with van der Waals surface area (Å²) in [7, 11) is 0. The number of aromatic nitrogens is 1. The number of hydrogen-bond donors (Lipinski definition) is 1. The van der Waals surface area contributed by atoms with E-state index >= 15 is 0 Å². The molecule has 0 amide bonds. The van der Waals surface area contributed by atoms with E-state index in [2.05, 4.69) is 67.7 Å². The van der Waals surface area contributed by atoms with Crippen LogP contribution in [-0.4, -0.2) is 17.2 Å². The van der Waals surface area contributed by atoms with E-state index in [4.69, 9.17) is 0 Å². The minimum Gasteiger partial charge on any atom is -0.343 e. The van der Waals surface area contributed by atoms with Gasteiger partial charge in [-0.1, -0.05) is 44.2 Å². The molecule has 0 bridgehead atoms. The molecule has 114 valence electrons. The summed E-state index contributed by atoms with van der Waals surface area (Å²) in [6, 6.07) is 9.29. The molecule has 0 unspecified atom stereocenters. The first-order valence-corrected chi connectivity index (χ1v) is 8.02. The van der Waals surface area contributed by atoms with Gasteiger partial charge in [0.05, 0.1) is 0 Å². The van der Waals surface area contributed by atoms with Gasteiger partial charge < -0.3 is 9.88 Å². The fraction of sp³-hybridized carbons (Fsp3) is 0.474. The van der Waals surface area contributed by atoms with Gasteiger partial charge in [-0.2, -0.15) is 0 Å². The van der Waals surface area contributed by atoms with E-state index in [0.29, 0.717) is 6.04 Å². The van der Waals surface area contributed by atoms with Crippen LogP contribution in [0.5, 0.6) is 0 Å². The van der Waals surface area contributed by atoms with E-state index in [1.807, 2.05) is 0 Å². The molecule has 0 aliphatic heterocycles. The zero-order valence-corrected chi connectivity index (χ0v) is 13.7. The van der Waals surface area contributed by atoms with Crippen LogP contribution in [0.2, 0.25) is 0 Å². The zero-order chi connectivity index (χ0) is 15.2.